The van der Waals surface area contributed by atoms with Crippen molar-refractivity contribution in [3.05, 3.63) is 17.7 Å². The molecule has 0 heterocycles. The van der Waals surface area contributed by atoms with Gasteiger partial charge in [0.05, 0.1) is 12.2 Å². The molecular formula is C11H14BNO2S. The van der Waals surface area contributed by atoms with Gasteiger partial charge in [0, 0.05) is 10.6 Å². The van der Waals surface area contributed by atoms with Gasteiger partial charge >= 0.3 is 5.97 Å². The van der Waals surface area contributed by atoms with Crippen LogP contribution in [0.15, 0.2) is 17.0 Å². The van der Waals surface area contributed by atoms with E-state index in [2.05, 4.69) is 0 Å². The van der Waals surface area contributed by atoms with Crippen LogP contribution in [0.5, 0.6) is 0 Å². The van der Waals surface area contributed by atoms with Gasteiger partial charge in [-0.15, -0.1) is 11.8 Å². The maximum absolute atomic E-state index is 11.5. The highest BCUT2D eigenvalue weighted by molar-refractivity contribution is 7.99. The van der Waals surface area contributed by atoms with Crippen LogP contribution in [-0.4, -0.2) is 26.2 Å². The number of nitrogen functional groups attached to an aromatic ring is 1. The molecule has 0 aliphatic carbocycles. The quantitative estimate of drug-likeness (QED) is 0.370. The number of carbonyl (C=O) groups is 1. The standard InChI is InChI=1S/C11H14BNO2S/c1-3-15-11(14)7-5-8(13)10(12)9(6-7)16-4-2/h5-6H,3-4,13H2,1-2H3. The molecule has 0 atom stereocenters. The Morgan fingerprint density at radius 2 is 2.19 bits per heavy atom. The van der Waals surface area contributed by atoms with Crippen LogP contribution in [0.2, 0.25) is 0 Å². The van der Waals surface area contributed by atoms with Gasteiger partial charge in [0.15, 0.2) is 0 Å². The summed E-state index contributed by atoms with van der Waals surface area (Å²) >= 11 is 1.55. The number of thioether (sulfide) groups is 1. The van der Waals surface area contributed by atoms with Crippen LogP contribution in [0.1, 0.15) is 24.2 Å². The van der Waals surface area contributed by atoms with Gasteiger partial charge in [-0.25, -0.2) is 4.79 Å². The number of esters is 1. The van der Waals surface area contributed by atoms with Crippen LogP contribution in [0, 0.1) is 0 Å². The average molecular weight is 235 g/mol. The lowest BCUT2D eigenvalue weighted by molar-refractivity contribution is 0.0526. The summed E-state index contributed by atoms with van der Waals surface area (Å²) in [6.45, 7) is 4.12. The van der Waals surface area contributed by atoms with Crippen molar-refractivity contribution in [3.8, 4) is 0 Å². The predicted octanol–water partition coefficient (Wildman–Crippen LogP) is 1.35. The van der Waals surface area contributed by atoms with Crippen molar-refractivity contribution in [1.29, 1.82) is 0 Å². The Morgan fingerprint density at radius 1 is 1.50 bits per heavy atom. The van der Waals surface area contributed by atoms with Gasteiger partial charge in [0.2, 0.25) is 0 Å². The third-order valence-electron chi connectivity index (χ3n) is 1.99. The second kappa shape index (κ2) is 5.84. The van der Waals surface area contributed by atoms with Crippen molar-refractivity contribution in [2.75, 3.05) is 18.1 Å². The van der Waals surface area contributed by atoms with Gasteiger partial charge in [0.1, 0.15) is 7.85 Å². The molecule has 16 heavy (non-hydrogen) atoms. The van der Waals surface area contributed by atoms with E-state index in [1.807, 2.05) is 6.92 Å². The third-order valence-corrected chi connectivity index (χ3v) is 2.92. The SMILES string of the molecule is [B]c1c(N)cc(C(=O)OCC)cc1SCC. The Morgan fingerprint density at radius 3 is 2.75 bits per heavy atom. The lowest BCUT2D eigenvalue weighted by Gasteiger charge is -2.10. The van der Waals surface area contributed by atoms with E-state index in [1.54, 1.807) is 30.8 Å². The first-order chi connectivity index (χ1) is 7.60. The number of hydrogen-bond acceptors (Lipinski definition) is 4. The van der Waals surface area contributed by atoms with Crippen LogP contribution < -0.4 is 11.2 Å². The molecule has 1 aromatic rings. The van der Waals surface area contributed by atoms with Gasteiger partial charge in [0.25, 0.3) is 0 Å². The van der Waals surface area contributed by atoms with E-state index in [0.717, 1.165) is 10.6 Å². The Hall–Kier alpha value is -1.10. The summed E-state index contributed by atoms with van der Waals surface area (Å²) in [7, 11) is 5.81. The maximum atomic E-state index is 11.5. The molecule has 0 amide bonds. The third kappa shape index (κ3) is 2.95. The first-order valence-electron chi connectivity index (χ1n) is 5.09. The van der Waals surface area contributed by atoms with E-state index < -0.39 is 0 Å². The van der Waals surface area contributed by atoms with Crippen molar-refractivity contribution in [3.63, 3.8) is 0 Å². The van der Waals surface area contributed by atoms with Gasteiger partial charge in [-0.3, -0.25) is 0 Å². The smallest absolute Gasteiger partial charge is 0.338 e. The van der Waals surface area contributed by atoms with Crippen molar-refractivity contribution < 1.29 is 9.53 Å². The lowest BCUT2D eigenvalue weighted by Crippen LogP contribution is -2.16. The van der Waals surface area contributed by atoms with Crippen LogP contribution in [0.3, 0.4) is 0 Å². The molecule has 2 N–H and O–H groups in total. The van der Waals surface area contributed by atoms with Crippen LogP contribution in [0.4, 0.5) is 5.69 Å². The highest BCUT2D eigenvalue weighted by Crippen LogP contribution is 2.20. The van der Waals surface area contributed by atoms with Crippen molar-refractivity contribution in [1.82, 2.24) is 0 Å². The second-order valence-electron chi connectivity index (χ2n) is 3.13. The van der Waals surface area contributed by atoms with Crippen LogP contribution >= 0.6 is 11.8 Å². The van der Waals surface area contributed by atoms with Crippen LogP contribution in [-0.2, 0) is 4.74 Å². The predicted molar refractivity (Wildman–Crippen MR) is 68.6 cm³/mol. The van der Waals surface area contributed by atoms with E-state index >= 15 is 0 Å². The highest BCUT2D eigenvalue weighted by Gasteiger charge is 2.11. The van der Waals surface area contributed by atoms with Gasteiger partial charge in [-0.2, -0.15) is 0 Å². The normalized spacial score (nSPS) is 10.1. The monoisotopic (exact) mass is 235 g/mol. The average Bonchev–Trinajstić information content (AvgIpc) is 2.25. The number of benzene rings is 1. The Labute approximate surface area is 101 Å². The summed E-state index contributed by atoms with van der Waals surface area (Å²) < 4.78 is 4.91. The second-order valence-corrected chi connectivity index (χ2v) is 4.44. The largest absolute Gasteiger partial charge is 0.462 e. The molecule has 0 fully saturated rings. The molecule has 3 nitrogen and oxygen atoms in total. The number of hydrogen-bond donors (Lipinski definition) is 1. The number of anilines is 1. The molecule has 0 aliphatic heterocycles. The van der Waals surface area contributed by atoms with E-state index in [9.17, 15) is 4.79 Å². The van der Waals surface area contributed by atoms with E-state index in [-0.39, 0.29) is 5.97 Å². The lowest BCUT2D eigenvalue weighted by atomic mass is 9.93. The highest BCUT2D eigenvalue weighted by atomic mass is 32.2. The Bertz CT molecular complexity index is 396. The number of ether oxygens (including phenoxy) is 1. The molecule has 5 heteroatoms. The fourth-order valence-electron chi connectivity index (χ4n) is 1.26. The topological polar surface area (TPSA) is 52.3 Å². The molecule has 0 saturated heterocycles. The summed E-state index contributed by atoms with van der Waals surface area (Å²) in [4.78, 5) is 12.4. The minimum Gasteiger partial charge on any atom is -0.462 e. The zero-order valence-corrected chi connectivity index (χ0v) is 10.3. The molecule has 0 aromatic heterocycles. The van der Waals surface area contributed by atoms with E-state index in [1.165, 1.54) is 0 Å². The number of nitrogens with two attached hydrogens (primary N) is 1. The van der Waals surface area contributed by atoms with Gasteiger partial charge in [-0.1, -0.05) is 12.4 Å². The molecule has 2 radical (unpaired) electrons. The summed E-state index contributed by atoms with van der Waals surface area (Å²) in [5.74, 6) is 0.503. The van der Waals surface area contributed by atoms with Crippen molar-refractivity contribution in [2.45, 2.75) is 18.7 Å². The minimum absolute atomic E-state index is 0.347. The fourth-order valence-corrected chi connectivity index (χ4v) is 2.05. The van der Waals surface area contributed by atoms with E-state index in [0.29, 0.717) is 23.3 Å². The first-order valence-corrected chi connectivity index (χ1v) is 6.07. The van der Waals surface area contributed by atoms with Gasteiger partial charge < -0.3 is 10.5 Å². The zero-order chi connectivity index (χ0) is 12.1. The molecule has 0 saturated carbocycles. The van der Waals surface area contributed by atoms with Crippen LogP contribution in [0.25, 0.3) is 0 Å². The van der Waals surface area contributed by atoms with Gasteiger partial charge in [-0.05, 0) is 24.8 Å². The molecular weight excluding hydrogens is 221 g/mol. The zero-order valence-electron chi connectivity index (χ0n) is 9.45. The molecule has 0 spiro atoms. The fraction of sp³-hybridized carbons (Fsp3) is 0.364. The number of rotatable bonds is 4. The molecule has 0 bridgehead atoms. The molecule has 0 unspecified atom stereocenters. The molecule has 1 aromatic carbocycles. The Kier molecular flexibility index (Phi) is 4.74. The summed E-state index contributed by atoms with van der Waals surface area (Å²) in [6.07, 6.45) is 0. The summed E-state index contributed by atoms with van der Waals surface area (Å²) in [5, 5.41) is 0. The summed E-state index contributed by atoms with van der Waals surface area (Å²) in [5.41, 5.74) is 7.13. The van der Waals surface area contributed by atoms with Crippen molar-refractivity contribution >= 4 is 36.7 Å². The minimum atomic E-state index is -0.368. The molecule has 1 rings (SSSR count). The first kappa shape index (κ1) is 13.0. The Balaban J connectivity index is 3.08. The number of carbonyl (C=O) groups excluding carboxylic acids is 1. The maximum Gasteiger partial charge on any atom is 0.338 e. The molecule has 0 aliphatic rings. The summed E-state index contributed by atoms with van der Waals surface area (Å²) in [6, 6.07) is 3.27. The van der Waals surface area contributed by atoms with Crippen molar-refractivity contribution in [2.24, 2.45) is 0 Å². The molecule has 84 valence electrons. The van der Waals surface area contributed by atoms with E-state index in [4.69, 9.17) is 18.3 Å².